The Morgan fingerprint density at radius 3 is 2.85 bits per heavy atom. The third kappa shape index (κ3) is 3.86. The van der Waals surface area contributed by atoms with E-state index >= 15 is 0 Å². The number of aromatic nitrogens is 2. The predicted molar refractivity (Wildman–Crippen MR) is 131 cm³/mol. The monoisotopic (exact) mass is 457 g/mol. The van der Waals surface area contributed by atoms with E-state index < -0.39 is 0 Å². The van der Waals surface area contributed by atoms with Gasteiger partial charge in [0, 0.05) is 47.2 Å². The standard InChI is InChI=1S/C26H27N5O3/c1-3-23(32)30-21-12-16(5-6-22(21)34-2)19-11-17(7-10-28-19)20-13-18-24(31-20)26(15-29-25(18)33)8-4-9-27-14-26/h3,5-7,10-13,27,31H,1,4,8-9,14-15H2,2H3,(H,29,33)(H,30,32). The number of piperidine rings is 1. The fourth-order valence-corrected chi connectivity index (χ4v) is 4.88. The number of amides is 2. The summed E-state index contributed by atoms with van der Waals surface area (Å²) < 4.78 is 5.37. The number of benzene rings is 1. The number of H-pyrrole nitrogens is 1. The minimum absolute atomic E-state index is 0.0410. The molecule has 4 heterocycles. The molecule has 34 heavy (non-hydrogen) atoms. The van der Waals surface area contributed by atoms with Crippen LogP contribution in [0.15, 0.2) is 55.3 Å². The fraction of sp³-hybridized carbons (Fsp3) is 0.269. The Balaban J connectivity index is 1.52. The lowest BCUT2D eigenvalue weighted by Gasteiger charge is -2.40. The Kier molecular flexibility index (Phi) is 5.67. The van der Waals surface area contributed by atoms with E-state index in [2.05, 4.69) is 32.5 Å². The molecule has 3 aromatic rings. The van der Waals surface area contributed by atoms with Crippen LogP contribution in [0, 0.1) is 0 Å². The van der Waals surface area contributed by atoms with Crippen LogP contribution in [0.5, 0.6) is 5.75 Å². The summed E-state index contributed by atoms with van der Waals surface area (Å²) in [5.41, 5.74) is 5.52. The van der Waals surface area contributed by atoms with E-state index in [1.165, 1.54) is 6.08 Å². The molecule has 174 valence electrons. The molecule has 0 aliphatic carbocycles. The first kappa shape index (κ1) is 21.9. The van der Waals surface area contributed by atoms with Crippen LogP contribution in [0.1, 0.15) is 28.9 Å². The molecule has 1 unspecified atom stereocenters. The van der Waals surface area contributed by atoms with Gasteiger partial charge in [0.05, 0.1) is 24.1 Å². The maximum Gasteiger partial charge on any atom is 0.253 e. The molecule has 1 atom stereocenters. The second-order valence-corrected chi connectivity index (χ2v) is 8.75. The van der Waals surface area contributed by atoms with Crippen molar-refractivity contribution < 1.29 is 14.3 Å². The van der Waals surface area contributed by atoms with Gasteiger partial charge in [-0.3, -0.25) is 14.6 Å². The topological polar surface area (TPSA) is 108 Å². The SMILES string of the molecule is C=CC(=O)Nc1cc(-c2cc(-c3cc4c([nH]3)C3(CCCNC3)CNC4=O)ccn2)ccc1OC. The molecule has 8 nitrogen and oxygen atoms in total. The minimum atomic E-state index is -0.321. The number of anilines is 1. The Morgan fingerprint density at radius 2 is 2.09 bits per heavy atom. The summed E-state index contributed by atoms with van der Waals surface area (Å²) in [5, 5.41) is 9.33. The van der Waals surface area contributed by atoms with Gasteiger partial charge in [-0.2, -0.15) is 0 Å². The predicted octanol–water partition coefficient (Wildman–Crippen LogP) is 3.24. The van der Waals surface area contributed by atoms with Gasteiger partial charge in [-0.15, -0.1) is 0 Å². The van der Waals surface area contributed by atoms with Crippen molar-refractivity contribution in [1.82, 2.24) is 20.6 Å². The lowest BCUT2D eigenvalue weighted by Crippen LogP contribution is -2.54. The Morgan fingerprint density at radius 1 is 1.21 bits per heavy atom. The zero-order valence-corrected chi connectivity index (χ0v) is 19.0. The molecule has 5 rings (SSSR count). The number of nitrogens with one attached hydrogen (secondary N) is 4. The molecular formula is C26H27N5O3. The van der Waals surface area contributed by atoms with Crippen LogP contribution in [-0.2, 0) is 10.2 Å². The van der Waals surface area contributed by atoms with E-state index in [4.69, 9.17) is 4.74 Å². The lowest BCUT2D eigenvalue weighted by atomic mass is 9.74. The van der Waals surface area contributed by atoms with E-state index in [0.717, 1.165) is 54.1 Å². The molecule has 8 heteroatoms. The van der Waals surface area contributed by atoms with Crippen LogP contribution in [0.4, 0.5) is 5.69 Å². The van der Waals surface area contributed by atoms with Crippen LogP contribution >= 0.6 is 0 Å². The largest absolute Gasteiger partial charge is 0.495 e. The van der Waals surface area contributed by atoms with Crippen LogP contribution in [0.25, 0.3) is 22.5 Å². The van der Waals surface area contributed by atoms with Crippen molar-refractivity contribution in [3.63, 3.8) is 0 Å². The van der Waals surface area contributed by atoms with Crippen LogP contribution in [-0.4, -0.2) is 48.5 Å². The summed E-state index contributed by atoms with van der Waals surface area (Å²) in [6.07, 6.45) is 5.06. The second kappa shape index (κ2) is 8.79. The highest BCUT2D eigenvalue weighted by molar-refractivity contribution is 6.00. The van der Waals surface area contributed by atoms with Crippen LogP contribution in [0.3, 0.4) is 0 Å². The van der Waals surface area contributed by atoms with Gasteiger partial charge in [0.15, 0.2) is 0 Å². The van der Waals surface area contributed by atoms with Crippen LogP contribution < -0.4 is 20.7 Å². The first-order valence-corrected chi connectivity index (χ1v) is 11.3. The number of hydrogen-bond donors (Lipinski definition) is 4. The van der Waals surface area contributed by atoms with Crippen molar-refractivity contribution >= 4 is 17.5 Å². The Hall–Kier alpha value is -3.91. The van der Waals surface area contributed by atoms with Gasteiger partial charge < -0.3 is 25.7 Å². The third-order valence-corrected chi connectivity index (χ3v) is 6.66. The quantitative estimate of drug-likeness (QED) is 0.440. The normalized spacial score (nSPS) is 19.3. The summed E-state index contributed by atoms with van der Waals surface area (Å²) in [6.45, 7) is 5.98. The number of carbonyl (C=O) groups excluding carboxylic acids is 2. The summed E-state index contributed by atoms with van der Waals surface area (Å²) in [6, 6.07) is 11.3. The highest BCUT2D eigenvalue weighted by Gasteiger charge is 2.42. The molecule has 1 spiro atoms. The first-order chi connectivity index (χ1) is 16.5. The highest BCUT2D eigenvalue weighted by Crippen LogP contribution is 2.38. The van der Waals surface area contributed by atoms with E-state index in [1.807, 2.05) is 30.3 Å². The maximum absolute atomic E-state index is 12.6. The minimum Gasteiger partial charge on any atom is -0.495 e. The van der Waals surface area contributed by atoms with Gasteiger partial charge in [0.1, 0.15) is 5.75 Å². The second-order valence-electron chi connectivity index (χ2n) is 8.75. The number of methoxy groups -OCH3 is 1. The molecule has 2 aromatic heterocycles. The van der Waals surface area contributed by atoms with E-state index in [0.29, 0.717) is 23.5 Å². The summed E-state index contributed by atoms with van der Waals surface area (Å²) in [5.74, 6) is 0.184. The smallest absolute Gasteiger partial charge is 0.253 e. The molecule has 1 aromatic carbocycles. The van der Waals surface area contributed by atoms with Gasteiger partial charge >= 0.3 is 0 Å². The summed E-state index contributed by atoms with van der Waals surface area (Å²) >= 11 is 0. The molecule has 1 saturated heterocycles. The van der Waals surface area contributed by atoms with Gasteiger partial charge in [-0.05, 0) is 61.9 Å². The van der Waals surface area contributed by atoms with E-state index in [1.54, 1.807) is 19.4 Å². The summed E-state index contributed by atoms with van der Waals surface area (Å²) in [7, 11) is 1.55. The van der Waals surface area contributed by atoms with Crippen molar-refractivity contribution in [3.05, 3.63) is 66.5 Å². The van der Waals surface area contributed by atoms with Crippen molar-refractivity contribution in [3.8, 4) is 28.3 Å². The molecule has 0 radical (unpaired) electrons. The number of rotatable bonds is 5. The fourth-order valence-electron chi connectivity index (χ4n) is 4.88. The summed E-state index contributed by atoms with van der Waals surface area (Å²) in [4.78, 5) is 32.6. The molecule has 0 saturated carbocycles. The van der Waals surface area contributed by atoms with Gasteiger partial charge in [-0.25, -0.2) is 0 Å². The van der Waals surface area contributed by atoms with Gasteiger partial charge in [0.2, 0.25) is 5.91 Å². The first-order valence-electron chi connectivity index (χ1n) is 11.3. The zero-order chi connectivity index (χ0) is 23.7. The zero-order valence-electron chi connectivity index (χ0n) is 19.0. The molecule has 2 amide bonds. The number of pyridine rings is 1. The van der Waals surface area contributed by atoms with Crippen molar-refractivity contribution in [2.75, 3.05) is 32.1 Å². The van der Waals surface area contributed by atoms with Crippen LogP contribution in [0.2, 0.25) is 0 Å². The average molecular weight is 458 g/mol. The Bertz CT molecular complexity index is 1270. The number of aromatic amines is 1. The van der Waals surface area contributed by atoms with Gasteiger partial charge in [0.25, 0.3) is 5.91 Å². The number of fused-ring (bicyclic) bond motifs is 2. The van der Waals surface area contributed by atoms with E-state index in [-0.39, 0.29) is 17.2 Å². The number of ether oxygens (including phenoxy) is 1. The van der Waals surface area contributed by atoms with Crippen molar-refractivity contribution in [2.24, 2.45) is 0 Å². The average Bonchev–Trinajstić information content (AvgIpc) is 3.35. The van der Waals surface area contributed by atoms with Gasteiger partial charge in [-0.1, -0.05) is 6.58 Å². The lowest BCUT2D eigenvalue weighted by molar-refractivity contribution is -0.111. The van der Waals surface area contributed by atoms with Crippen molar-refractivity contribution in [2.45, 2.75) is 18.3 Å². The number of nitrogens with zero attached hydrogens (tertiary/aromatic N) is 1. The molecule has 2 aliphatic heterocycles. The number of hydrogen-bond acceptors (Lipinski definition) is 5. The molecule has 1 fully saturated rings. The molecule has 2 aliphatic rings. The number of carbonyl (C=O) groups is 2. The third-order valence-electron chi connectivity index (χ3n) is 6.66. The Labute approximate surface area is 197 Å². The molecule has 4 N–H and O–H groups in total. The maximum atomic E-state index is 12.6. The van der Waals surface area contributed by atoms with E-state index in [9.17, 15) is 9.59 Å². The molecule has 0 bridgehead atoms. The molecular weight excluding hydrogens is 430 g/mol. The van der Waals surface area contributed by atoms with Crippen molar-refractivity contribution in [1.29, 1.82) is 0 Å². The highest BCUT2D eigenvalue weighted by atomic mass is 16.5.